The van der Waals surface area contributed by atoms with Crippen LogP contribution in [0.25, 0.3) is 0 Å². The largest absolute Gasteiger partial charge is 0.484 e. The third-order valence-electron chi connectivity index (χ3n) is 3.59. The van der Waals surface area contributed by atoms with Crippen LogP contribution in [0.1, 0.15) is 40.0 Å². The van der Waals surface area contributed by atoms with Gasteiger partial charge in [-0.05, 0) is 43.6 Å². The highest BCUT2D eigenvalue weighted by atomic mass is 32.1. The van der Waals surface area contributed by atoms with Crippen molar-refractivity contribution in [2.75, 3.05) is 17.6 Å². The van der Waals surface area contributed by atoms with Gasteiger partial charge in [-0.3, -0.25) is 0 Å². The summed E-state index contributed by atoms with van der Waals surface area (Å²) >= 11 is 1.39. The lowest BCUT2D eigenvalue weighted by atomic mass is 9.98. The molecular formula is C13H23N3OS. The molecule has 2 unspecified atom stereocenters. The first-order chi connectivity index (χ1) is 8.58. The van der Waals surface area contributed by atoms with Crippen LogP contribution in [0.3, 0.4) is 0 Å². The second-order valence-electron chi connectivity index (χ2n) is 5.44. The molecule has 0 saturated heterocycles. The summed E-state index contributed by atoms with van der Waals surface area (Å²) in [5.41, 5.74) is 5.83. The minimum absolute atomic E-state index is 0.120. The molecule has 0 spiro atoms. The quantitative estimate of drug-likeness (QED) is 0.860. The van der Waals surface area contributed by atoms with E-state index in [-0.39, 0.29) is 6.10 Å². The van der Waals surface area contributed by atoms with Crippen molar-refractivity contribution in [1.29, 1.82) is 0 Å². The first kappa shape index (κ1) is 13.5. The third kappa shape index (κ3) is 3.07. The van der Waals surface area contributed by atoms with Crippen LogP contribution in [0.4, 0.5) is 10.8 Å². The van der Waals surface area contributed by atoms with Crippen molar-refractivity contribution < 1.29 is 4.74 Å². The molecule has 0 aliphatic heterocycles. The van der Waals surface area contributed by atoms with Gasteiger partial charge in [0.05, 0.1) is 6.10 Å². The molecule has 4 nitrogen and oxygen atoms in total. The van der Waals surface area contributed by atoms with E-state index in [0.29, 0.717) is 5.82 Å². The van der Waals surface area contributed by atoms with Gasteiger partial charge in [-0.2, -0.15) is 4.37 Å². The van der Waals surface area contributed by atoms with Crippen LogP contribution in [-0.2, 0) is 0 Å². The number of rotatable bonds is 5. The highest BCUT2D eigenvalue weighted by Gasteiger charge is 2.24. The Hall–Kier alpha value is -0.970. The number of nitrogen functional groups attached to an aromatic ring is 1. The van der Waals surface area contributed by atoms with Crippen LogP contribution in [0.2, 0.25) is 0 Å². The molecule has 1 heterocycles. The molecule has 2 atom stereocenters. The first-order valence-corrected chi connectivity index (χ1v) is 7.51. The molecular weight excluding hydrogens is 246 g/mol. The molecule has 102 valence electrons. The van der Waals surface area contributed by atoms with Crippen molar-refractivity contribution in [3.63, 3.8) is 0 Å². The number of hydrogen-bond donors (Lipinski definition) is 2. The van der Waals surface area contributed by atoms with Gasteiger partial charge in [-0.25, -0.2) is 0 Å². The van der Waals surface area contributed by atoms with Gasteiger partial charge in [0.1, 0.15) is 0 Å². The molecule has 0 bridgehead atoms. The van der Waals surface area contributed by atoms with Crippen LogP contribution in [-0.4, -0.2) is 17.0 Å². The maximum atomic E-state index is 5.83. The Bertz CT molecular complexity index is 392. The highest BCUT2D eigenvalue weighted by Crippen LogP contribution is 2.37. The average molecular weight is 269 g/mol. The third-order valence-corrected chi connectivity index (χ3v) is 4.39. The van der Waals surface area contributed by atoms with Crippen LogP contribution < -0.4 is 15.8 Å². The maximum Gasteiger partial charge on any atom is 0.197 e. The second-order valence-corrected chi connectivity index (χ2v) is 6.22. The van der Waals surface area contributed by atoms with Crippen molar-refractivity contribution in [3.8, 4) is 5.75 Å². The normalized spacial score (nSPS) is 23.6. The molecule has 0 amide bonds. The van der Waals surface area contributed by atoms with Crippen molar-refractivity contribution in [3.05, 3.63) is 0 Å². The topological polar surface area (TPSA) is 60.2 Å². The summed E-state index contributed by atoms with van der Waals surface area (Å²) in [6.45, 7) is 7.34. The van der Waals surface area contributed by atoms with Gasteiger partial charge >= 0.3 is 0 Å². The number of anilines is 2. The number of ether oxygens (including phenoxy) is 1. The predicted molar refractivity (Wildman–Crippen MR) is 77.3 cm³/mol. The second kappa shape index (κ2) is 5.78. The van der Waals surface area contributed by atoms with Crippen molar-refractivity contribution in [2.24, 2.45) is 11.8 Å². The Morgan fingerprint density at radius 1 is 1.50 bits per heavy atom. The Morgan fingerprint density at radius 2 is 2.28 bits per heavy atom. The fraction of sp³-hybridized carbons (Fsp3) is 0.769. The van der Waals surface area contributed by atoms with Gasteiger partial charge in [0, 0.05) is 6.54 Å². The SMILES string of the molecule is CC(C)Oc1c(N)nsc1NCC1CCCC1C. The zero-order chi connectivity index (χ0) is 13.1. The lowest BCUT2D eigenvalue weighted by molar-refractivity contribution is 0.245. The Morgan fingerprint density at radius 3 is 2.89 bits per heavy atom. The fourth-order valence-corrected chi connectivity index (χ4v) is 3.16. The highest BCUT2D eigenvalue weighted by molar-refractivity contribution is 7.11. The van der Waals surface area contributed by atoms with Crippen LogP contribution in [0.15, 0.2) is 0 Å². The summed E-state index contributed by atoms with van der Waals surface area (Å²) in [7, 11) is 0. The number of nitrogens with one attached hydrogen (secondary N) is 1. The van der Waals surface area contributed by atoms with Crippen LogP contribution in [0, 0.1) is 11.8 Å². The minimum Gasteiger partial charge on any atom is -0.484 e. The number of aromatic nitrogens is 1. The zero-order valence-electron chi connectivity index (χ0n) is 11.4. The standard InChI is InChI=1S/C13H23N3OS/c1-8(2)17-11-12(14)16-18-13(11)15-7-10-6-4-5-9(10)3/h8-10,15H,4-7H2,1-3H3,(H2,14,16). The Balaban J connectivity index is 1.96. The molecule has 3 N–H and O–H groups in total. The molecule has 1 aromatic rings. The summed E-state index contributed by atoms with van der Waals surface area (Å²) < 4.78 is 9.88. The molecule has 0 aromatic carbocycles. The Kier molecular flexibility index (Phi) is 4.32. The maximum absolute atomic E-state index is 5.83. The number of hydrogen-bond acceptors (Lipinski definition) is 5. The molecule has 1 fully saturated rings. The van der Waals surface area contributed by atoms with E-state index < -0.39 is 0 Å². The fourth-order valence-electron chi connectivity index (χ4n) is 2.51. The van der Waals surface area contributed by atoms with Gasteiger partial charge < -0.3 is 15.8 Å². The van der Waals surface area contributed by atoms with Gasteiger partial charge in [0.25, 0.3) is 0 Å². The molecule has 1 aromatic heterocycles. The molecule has 1 saturated carbocycles. The monoisotopic (exact) mass is 269 g/mol. The lowest BCUT2D eigenvalue weighted by Crippen LogP contribution is -2.16. The minimum atomic E-state index is 0.120. The van der Waals surface area contributed by atoms with Gasteiger partial charge in [0.15, 0.2) is 16.6 Å². The molecule has 0 radical (unpaired) electrons. The average Bonchev–Trinajstić information content (AvgIpc) is 2.85. The molecule has 1 aliphatic carbocycles. The summed E-state index contributed by atoms with van der Waals surface area (Å²) in [5.74, 6) is 2.80. The first-order valence-electron chi connectivity index (χ1n) is 6.73. The molecule has 2 rings (SSSR count). The van der Waals surface area contributed by atoms with E-state index in [4.69, 9.17) is 10.5 Å². The van der Waals surface area contributed by atoms with Gasteiger partial charge in [-0.1, -0.05) is 19.8 Å². The van der Waals surface area contributed by atoms with Crippen molar-refractivity contribution in [1.82, 2.24) is 4.37 Å². The van der Waals surface area contributed by atoms with Gasteiger partial charge in [0.2, 0.25) is 0 Å². The number of nitrogens with two attached hydrogens (primary N) is 1. The van der Waals surface area contributed by atoms with Crippen molar-refractivity contribution in [2.45, 2.75) is 46.1 Å². The lowest BCUT2D eigenvalue weighted by Gasteiger charge is -2.17. The number of nitrogens with zero attached hydrogens (tertiary/aromatic N) is 1. The van der Waals surface area contributed by atoms with Crippen LogP contribution >= 0.6 is 11.5 Å². The van der Waals surface area contributed by atoms with Gasteiger partial charge in [-0.15, -0.1) is 0 Å². The van der Waals surface area contributed by atoms with E-state index in [0.717, 1.165) is 29.1 Å². The molecule has 1 aliphatic rings. The molecule has 18 heavy (non-hydrogen) atoms. The summed E-state index contributed by atoms with van der Waals surface area (Å²) in [5, 5.41) is 4.44. The van der Waals surface area contributed by atoms with E-state index in [1.165, 1.54) is 30.8 Å². The predicted octanol–water partition coefficient (Wildman–Crippen LogP) is 3.36. The van der Waals surface area contributed by atoms with E-state index in [1.54, 1.807) is 0 Å². The van der Waals surface area contributed by atoms with Crippen molar-refractivity contribution >= 4 is 22.4 Å². The summed E-state index contributed by atoms with van der Waals surface area (Å²) in [6, 6.07) is 0. The van der Waals surface area contributed by atoms with E-state index in [9.17, 15) is 0 Å². The molecule has 5 heteroatoms. The smallest absolute Gasteiger partial charge is 0.197 e. The van der Waals surface area contributed by atoms with E-state index in [1.807, 2.05) is 13.8 Å². The summed E-state index contributed by atoms with van der Waals surface area (Å²) in [6.07, 6.45) is 4.15. The van der Waals surface area contributed by atoms with E-state index in [2.05, 4.69) is 16.6 Å². The van der Waals surface area contributed by atoms with E-state index >= 15 is 0 Å². The Labute approximate surface area is 113 Å². The van der Waals surface area contributed by atoms with Crippen LogP contribution in [0.5, 0.6) is 5.75 Å². The summed E-state index contributed by atoms with van der Waals surface area (Å²) in [4.78, 5) is 0. The zero-order valence-corrected chi connectivity index (χ0v) is 12.2.